The molecule has 25 heavy (non-hydrogen) atoms. The van der Waals surface area contributed by atoms with Gasteiger partial charge < -0.3 is 19.9 Å². The summed E-state index contributed by atoms with van der Waals surface area (Å²) in [6, 6.07) is 0.512. The molecule has 1 aromatic rings. The molecule has 6 nitrogen and oxygen atoms in total. The van der Waals surface area contributed by atoms with E-state index in [0.717, 1.165) is 50.7 Å². The molecule has 0 aliphatic heterocycles. The third kappa shape index (κ3) is 3.84. The van der Waals surface area contributed by atoms with Crippen LogP contribution < -0.4 is 10.6 Å². The zero-order valence-electron chi connectivity index (χ0n) is 15.9. The van der Waals surface area contributed by atoms with Crippen LogP contribution in [0.2, 0.25) is 0 Å². The predicted molar refractivity (Wildman–Crippen MR) is 101 cm³/mol. The summed E-state index contributed by atoms with van der Waals surface area (Å²) in [4.78, 5) is 8.66. The summed E-state index contributed by atoms with van der Waals surface area (Å²) in [6.45, 7) is 6.94. The summed E-state index contributed by atoms with van der Waals surface area (Å²) in [5.74, 6) is 2.02. The Hall–Kier alpha value is -1.56. The largest absolute Gasteiger partial charge is 0.378 e. The van der Waals surface area contributed by atoms with E-state index in [9.17, 15) is 0 Å². The summed E-state index contributed by atoms with van der Waals surface area (Å²) in [6.07, 6.45) is 11.6. The van der Waals surface area contributed by atoms with Crippen molar-refractivity contribution in [2.75, 3.05) is 20.2 Å². The van der Waals surface area contributed by atoms with Crippen molar-refractivity contribution in [3.63, 3.8) is 0 Å². The maximum Gasteiger partial charge on any atom is 0.191 e. The lowest BCUT2D eigenvalue weighted by molar-refractivity contribution is -0.168. The highest BCUT2D eigenvalue weighted by molar-refractivity contribution is 5.80. The molecule has 0 radical (unpaired) electrons. The van der Waals surface area contributed by atoms with Crippen LogP contribution in [-0.2, 0) is 11.3 Å². The average molecular weight is 348 g/mol. The van der Waals surface area contributed by atoms with E-state index in [4.69, 9.17) is 4.74 Å². The number of nitrogens with zero attached hydrogens (tertiary/aromatic N) is 3. The standard InChI is InChI=1S/C19H33N5O/c1-4-25-17-14-16(19(17)8-7-9-19)23-18(20-3)22-10-5-6-12-24-13-11-21-15(24)2/h11,13,16-17H,4-10,12,14H2,1-3H3,(H2,20,22,23). The zero-order chi connectivity index (χ0) is 17.7. The van der Waals surface area contributed by atoms with E-state index in [1.165, 1.54) is 19.3 Å². The Labute approximate surface area is 151 Å². The first-order valence-corrected chi connectivity index (χ1v) is 9.76. The summed E-state index contributed by atoms with van der Waals surface area (Å²) < 4.78 is 8.14. The molecule has 2 fully saturated rings. The van der Waals surface area contributed by atoms with Crippen molar-refractivity contribution < 1.29 is 4.74 Å². The van der Waals surface area contributed by atoms with E-state index in [2.05, 4.69) is 39.0 Å². The molecule has 0 saturated heterocycles. The highest BCUT2D eigenvalue weighted by atomic mass is 16.5. The third-order valence-corrected chi connectivity index (χ3v) is 6.01. The number of guanidine groups is 1. The van der Waals surface area contributed by atoms with E-state index in [-0.39, 0.29) is 0 Å². The number of unbranched alkanes of at least 4 members (excludes halogenated alkanes) is 1. The highest BCUT2D eigenvalue weighted by Gasteiger charge is 2.59. The number of aromatic nitrogens is 2. The van der Waals surface area contributed by atoms with Gasteiger partial charge in [-0.15, -0.1) is 0 Å². The zero-order valence-corrected chi connectivity index (χ0v) is 15.9. The molecule has 0 amide bonds. The Kier molecular flexibility index (Phi) is 5.99. The van der Waals surface area contributed by atoms with Crippen molar-refractivity contribution in [3.8, 4) is 0 Å². The van der Waals surface area contributed by atoms with Crippen molar-refractivity contribution in [2.24, 2.45) is 10.4 Å². The van der Waals surface area contributed by atoms with Crippen LogP contribution in [0.15, 0.2) is 17.4 Å². The lowest BCUT2D eigenvalue weighted by Crippen LogP contribution is -2.68. The van der Waals surface area contributed by atoms with Gasteiger partial charge in [-0.05, 0) is 46.0 Å². The number of hydrogen-bond donors (Lipinski definition) is 2. The number of rotatable bonds is 8. The molecule has 0 aromatic carbocycles. The molecule has 2 aliphatic carbocycles. The lowest BCUT2D eigenvalue weighted by Gasteiger charge is -2.61. The van der Waals surface area contributed by atoms with Gasteiger partial charge in [0.25, 0.3) is 0 Å². The SMILES string of the molecule is CCOC1CC(NC(=NC)NCCCCn2ccnc2C)C12CCC2. The van der Waals surface area contributed by atoms with Crippen LogP contribution in [0.1, 0.15) is 51.3 Å². The van der Waals surface area contributed by atoms with Gasteiger partial charge >= 0.3 is 0 Å². The first kappa shape index (κ1) is 18.2. The second-order valence-corrected chi connectivity index (χ2v) is 7.34. The van der Waals surface area contributed by atoms with E-state index in [1.54, 1.807) is 0 Å². The molecule has 2 atom stereocenters. The van der Waals surface area contributed by atoms with Crippen LogP contribution >= 0.6 is 0 Å². The summed E-state index contributed by atoms with van der Waals surface area (Å²) in [5.41, 5.74) is 0.368. The van der Waals surface area contributed by atoms with E-state index < -0.39 is 0 Å². The highest BCUT2D eigenvalue weighted by Crippen LogP contribution is 2.57. The van der Waals surface area contributed by atoms with Crippen molar-refractivity contribution in [1.82, 2.24) is 20.2 Å². The van der Waals surface area contributed by atoms with Crippen LogP contribution in [0, 0.1) is 12.3 Å². The van der Waals surface area contributed by atoms with Crippen LogP contribution in [0.3, 0.4) is 0 Å². The maximum atomic E-state index is 5.93. The predicted octanol–water partition coefficient (Wildman–Crippen LogP) is 2.48. The molecule has 2 aliphatic rings. The number of hydrogen-bond acceptors (Lipinski definition) is 3. The second kappa shape index (κ2) is 8.21. The van der Waals surface area contributed by atoms with E-state index >= 15 is 0 Å². The molecule has 3 rings (SSSR count). The minimum atomic E-state index is 0.368. The normalized spacial score (nSPS) is 24.7. The molecule has 140 valence electrons. The minimum Gasteiger partial charge on any atom is -0.378 e. The van der Waals surface area contributed by atoms with Gasteiger partial charge in [0, 0.05) is 50.6 Å². The molecule has 2 saturated carbocycles. The van der Waals surface area contributed by atoms with Gasteiger partial charge in [-0.3, -0.25) is 4.99 Å². The van der Waals surface area contributed by atoms with Gasteiger partial charge in [0.2, 0.25) is 0 Å². The fraction of sp³-hybridized carbons (Fsp3) is 0.789. The Bertz CT molecular complexity index is 578. The molecule has 1 spiro atoms. The first-order chi connectivity index (χ1) is 12.2. The monoisotopic (exact) mass is 347 g/mol. The number of imidazole rings is 1. The fourth-order valence-electron chi connectivity index (χ4n) is 4.25. The third-order valence-electron chi connectivity index (χ3n) is 6.01. The fourth-order valence-corrected chi connectivity index (χ4v) is 4.25. The van der Waals surface area contributed by atoms with Crippen molar-refractivity contribution >= 4 is 5.96 Å². The molecule has 2 unspecified atom stereocenters. The average Bonchev–Trinajstić information content (AvgIpc) is 2.95. The second-order valence-electron chi connectivity index (χ2n) is 7.34. The number of aryl methyl sites for hydroxylation is 2. The van der Waals surface area contributed by atoms with Gasteiger partial charge in [0.15, 0.2) is 5.96 Å². The molecule has 1 aromatic heterocycles. The van der Waals surface area contributed by atoms with Gasteiger partial charge in [-0.25, -0.2) is 4.98 Å². The topological polar surface area (TPSA) is 63.5 Å². The van der Waals surface area contributed by atoms with Gasteiger partial charge in [0.1, 0.15) is 5.82 Å². The van der Waals surface area contributed by atoms with Gasteiger partial charge in [-0.1, -0.05) is 6.42 Å². The first-order valence-electron chi connectivity index (χ1n) is 9.76. The summed E-state index contributed by atoms with van der Waals surface area (Å²) in [7, 11) is 1.86. The molecular weight excluding hydrogens is 314 g/mol. The number of ether oxygens (including phenoxy) is 1. The molecule has 6 heteroatoms. The Morgan fingerprint density at radius 2 is 2.28 bits per heavy atom. The van der Waals surface area contributed by atoms with Gasteiger partial charge in [0.05, 0.1) is 6.10 Å². The summed E-state index contributed by atoms with van der Waals surface area (Å²) >= 11 is 0. The smallest absolute Gasteiger partial charge is 0.191 e. The van der Waals surface area contributed by atoms with Crippen molar-refractivity contribution in [1.29, 1.82) is 0 Å². The van der Waals surface area contributed by atoms with Crippen LogP contribution in [0.5, 0.6) is 0 Å². The molecule has 1 heterocycles. The Morgan fingerprint density at radius 1 is 1.44 bits per heavy atom. The van der Waals surface area contributed by atoms with Gasteiger partial charge in [-0.2, -0.15) is 0 Å². The maximum absolute atomic E-state index is 5.93. The van der Waals surface area contributed by atoms with Crippen LogP contribution in [0.25, 0.3) is 0 Å². The van der Waals surface area contributed by atoms with Crippen LogP contribution in [-0.4, -0.2) is 47.9 Å². The minimum absolute atomic E-state index is 0.368. The molecule has 0 bridgehead atoms. The Morgan fingerprint density at radius 3 is 2.88 bits per heavy atom. The summed E-state index contributed by atoms with van der Waals surface area (Å²) in [5, 5.41) is 7.11. The van der Waals surface area contributed by atoms with Crippen LogP contribution in [0.4, 0.5) is 0 Å². The van der Waals surface area contributed by atoms with E-state index in [1.807, 2.05) is 19.4 Å². The lowest BCUT2D eigenvalue weighted by atomic mass is 9.51. The quantitative estimate of drug-likeness (QED) is 0.431. The van der Waals surface area contributed by atoms with E-state index in [0.29, 0.717) is 17.6 Å². The number of nitrogens with one attached hydrogen (secondary N) is 2. The van der Waals surface area contributed by atoms with Crippen molar-refractivity contribution in [2.45, 2.75) is 71.1 Å². The number of aliphatic imine (C=N–C) groups is 1. The Balaban J connectivity index is 1.37. The molecule has 2 N–H and O–H groups in total. The van der Waals surface area contributed by atoms with Crippen molar-refractivity contribution in [3.05, 3.63) is 18.2 Å². The molecular formula is C19H33N5O.